The second-order valence-electron chi connectivity index (χ2n) is 7.08. The molecule has 0 aromatic heterocycles. The quantitative estimate of drug-likeness (QED) is 0.837. The lowest BCUT2D eigenvalue weighted by Gasteiger charge is -2.39. The van der Waals surface area contributed by atoms with Crippen molar-refractivity contribution in [3.63, 3.8) is 0 Å². The van der Waals surface area contributed by atoms with Crippen LogP contribution in [0.3, 0.4) is 0 Å². The van der Waals surface area contributed by atoms with Crippen LogP contribution in [0.15, 0.2) is 24.3 Å². The molecule has 25 heavy (non-hydrogen) atoms. The molecule has 6 heteroatoms. The predicted molar refractivity (Wildman–Crippen MR) is 96.1 cm³/mol. The van der Waals surface area contributed by atoms with Gasteiger partial charge in [-0.1, -0.05) is 12.1 Å². The number of rotatable bonds is 5. The number of ether oxygens (including phenoxy) is 2. The van der Waals surface area contributed by atoms with E-state index in [4.69, 9.17) is 20.9 Å². The van der Waals surface area contributed by atoms with E-state index in [1.807, 2.05) is 29.2 Å². The van der Waals surface area contributed by atoms with Gasteiger partial charge in [0.2, 0.25) is 0 Å². The summed E-state index contributed by atoms with van der Waals surface area (Å²) in [7, 11) is 0. The van der Waals surface area contributed by atoms with E-state index in [9.17, 15) is 4.79 Å². The molecule has 0 spiro atoms. The van der Waals surface area contributed by atoms with E-state index >= 15 is 0 Å². The summed E-state index contributed by atoms with van der Waals surface area (Å²) in [5, 5.41) is 0. The zero-order valence-electron chi connectivity index (χ0n) is 14.7. The number of hydrogen-bond acceptors (Lipinski definition) is 5. The third-order valence-electron chi connectivity index (χ3n) is 5.19. The van der Waals surface area contributed by atoms with E-state index in [0.29, 0.717) is 18.2 Å². The molecule has 2 aliphatic rings. The molecule has 1 amide bonds. The zero-order chi connectivity index (χ0) is 17.6. The van der Waals surface area contributed by atoms with Gasteiger partial charge in [-0.15, -0.1) is 0 Å². The highest BCUT2D eigenvalue weighted by atomic mass is 16.5. The molecule has 2 saturated heterocycles. The van der Waals surface area contributed by atoms with Crippen LogP contribution < -0.4 is 16.2 Å². The van der Waals surface area contributed by atoms with Crippen molar-refractivity contribution in [2.45, 2.75) is 44.4 Å². The maximum atomic E-state index is 12.5. The van der Waals surface area contributed by atoms with Gasteiger partial charge in [0, 0.05) is 38.2 Å². The van der Waals surface area contributed by atoms with Crippen LogP contribution in [0, 0.1) is 5.92 Å². The van der Waals surface area contributed by atoms with Gasteiger partial charge in [0.25, 0.3) is 5.91 Å². The lowest BCUT2D eigenvalue weighted by Crippen LogP contribution is -2.48. The molecule has 3 unspecified atom stereocenters. The Kier molecular flexibility index (Phi) is 6.29. The van der Waals surface area contributed by atoms with Gasteiger partial charge in [-0.25, -0.2) is 0 Å². The van der Waals surface area contributed by atoms with Crippen LogP contribution in [0.1, 0.15) is 31.2 Å². The van der Waals surface area contributed by atoms with Crippen LogP contribution in [-0.4, -0.2) is 49.3 Å². The molecule has 0 radical (unpaired) electrons. The number of carbonyl (C=O) groups excluding carboxylic acids is 1. The highest BCUT2D eigenvalue weighted by Crippen LogP contribution is 2.27. The van der Waals surface area contributed by atoms with Crippen LogP contribution >= 0.6 is 0 Å². The van der Waals surface area contributed by atoms with Crippen molar-refractivity contribution < 1.29 is 14.3 Å². The van der Waals surface area contributed by atoms with Crippen molar-refractivity contribution in [1.82, 2.24) is 4.90 Å². The largest absolute Gasteiger partial charge is 0.484 e. The standard InChI is InChI=1S/C19H29N3O3/c20-11-14-3-1-5-17(9-14)25-13-19(23)22-7-2-4-15(12-22)18-10-16(21)6-8-24-18/h1,3,5,9,15-16,18H,2,4,6-8,10-13,20-21H2. The number of amides is 1. The van der Waals surface area contributed by atoms with Crippen molar-refractivity contribution in [1.29, 1.82) is 0 Å². The summed E-state index contributed by atoms with van der Waals surface area (Å²) in [6.07, 6.45) is 4.12. The topological polar surface area (TPSA) is 90.8 Å². The van der Waals surface area contributed by atoms with Gasteiger partial charge < -0.3 is 25.8 Å². The van der Waals surface area contributed by atoms with Crippen LogP contribution in [0.4, 0.5) is 0 Å². The van der Waals surface area contributed by atoms with Crippen LogP contribution in [0.5, 0.6) is 5.75 Å². The van der Waals surface area contributed by atoms with Gasteiger partial charge in [-0.3, -0.25) is 4.79 Å². The summed E-state index contributed by atoms with van der Waals surface area (Å²) < 4.78 is 11.6. The number of piperidine rings is 1. The molecule has 4 N–H and O–H groups in total. The van der Waals surface area contributed by atoms with E-state index in [0.717, 1.165) is 50.9 Å². The molecule has 3 rings (SSSR count). The molecular weight excluding hydrogens is 318 g/mol. The van der Waals surface area contributed by atoms with Crippen molar-refractivity contribution in [3.05, 3.63) is 29.8 Å². The van der Waals surface area contributed by atoms with E-state index < -0.39 is 0 Å². The Morgan fingerprint density at radius 2 is 2.24 bits per heavy atom. The average molecular weight is 347 g/mol. The molecule has 0 saturated carbocycles. The SMILES string of the molecule is NCc1cccc(OCC(=O)N2CCCC(C3CC(N)CCO3)C2)c1. The number of hydrogen-bond donors (Lipinski definition) is 2. The fourth-order valence-electron chi connectivity index (χ4n) is 3.72. The second kappa shape index (κ2) is 8.65. The van der Waals surface area contributed by atoms with Crippen molar-refractivity contribution in [2.24, 2.45) is 17.4 Å². The smallest absolute Gasteiger partial charge is 0.260 e. The fourth-order valence-corrected chi connectivity index (χ4v) is 3.72. The minimum Gasteiger partial charge on any atom is -0.484 e. The van der Waals surface area contributed by atoms with E-state index in [2.05, 4.69) is 0 Å². The predicted octanol–water partition coefficient (Wildman–Crippen LogP) is 1.27. The Balaban J connectivity index is 1.51. The fraction of sp³-hybridized carbons (Fsp3) is 0.632. The Morgan fingerprint density at radius 3 is 3.04 bits per heavy atom. The normalized spacial score (nSPS) is 27.1. The van der Waals surface area contributed by atoms with Gasteiger partial charge in [-0.05, 0) is 43.4 Å². The second-order valence-corrected chi connectivity index (χ2v) is 7.08. The van der Waals surface area contributed by atoms with E-state index in [1.165, 1.54) is 0 Å². The minimum atomic E-state index is 0.0305. The maximum absolute atomic E-state index is 12.5. The number of nitrogens with two attached hydrogens (primary N) is 2. The molecule has 0 bridgehead atoms. The molecular formula is C19H29N3O3. The van der Waals surface area contributed by atoms with E-state index in [1.54, 1.807) is 0 Å². The number of nitrogens with zero attached hydrogens (tertiary/aromatic N) is 1. The first kappa shape index (κ1) is 18.2. The molecule has 2 heterocycles. The van der Waals surface area contributed by atoms with Gasteiger partial charge in [0.1, 0.15) is 5.75 Å². The molecule has 6 nitrogen and oxygen atoms in total. The highest BCUT2D eigenvalue weighted by Gasteiger charge is 2.32. The summed E-state index contributed by atoms with van der Waals surface area (Å²) in [5.74, 6) is 1.10. The first-order chi connectivity index (χ1) is 12.2. The molecule has 1 aromatic rings. The summed E-state index contributed by atoms with van der Waals surface area (Å²) in [6, 6.07) is 7.79. The molecule has 0 aliphatic carbocycles. The lowest BCUT2D eigenvalue weighted by atomic mass is 9.87. The van der Waals surface area contributed by atoms with Crippen LogP contribution in [0.2, 0.25) is 0 Å². The molecule has 2 aliphatic heterocycles. The van der Waals surface area contributed by atoms with Crippen LogP contribution in [-0.2, 0) is 16.1 Å². The van der Waals surface area contributed by atoms with Gasteiger partial charge >= 0.3 is 0 Å². The molecule has 138 valence electrons. The summed E-state index contributed by atoms with van der Waals surface area (Å²) in [4.78, 5) is 14.4. The number of likely N-dealkylation sites (tertiary alicyclic amines) is 1. The first-order valence-electron chi connectivity index (χ1n) is 9.22. The third-order valence-corrected chi connectivity index (χ3v) is 5.19. The monoisotopic (exact) mass is 347 g/mol. The Labute approximate surface area is 149 Å². The summed E-state index contributed by atoms with van der Waals surface area (Å²) in [6.45, 7) is 2.79. The average Bonchev–Trinajstić information content (AvgIpc) is 2.66. The van der Waals surface area contributed by atoms with Crippen molar-refractivity contribution in [2.75, 3.05) is 26.3 Å². The van der Waals surface area contributed by atoms with Gasteiger partial charge in [0.15, 0.2) is 6.61 Å². The number of benzene rings is 1. The van der Waals surface area contributed by atoms with Crippen molar-refractivity contribution >= 4 is 5.91 Å². The lowest BCUT2D eigenvalue weighted by molar-refractivity contribution is -0.137. The Morgan fingerprint density at radius 1 is 1.36 bits per heavy atom. The minimum absolute atomic E-state index is 0.0305. The molecule has 2 fully saturated rings. The zero-order valence-corrected chi connectivity index (χ0v) is 14.7. The maximum Gasteiger partial charge on any atom is 0.260 e. The number of carbonyl (C=O) groups is 1. The first-order valence-corrected chi connectivity index (χ1v) is 9.22. The Hall–Kier alpha value is -1.63. The summed E-state index contributed by atoms with van der Waals surface area (Å²) in [5.41, 5.74) is 12.7. The van der Waals surface area contributed by atoms with Gasteiger partial charge in [-0.2, -0.15) is 0 Å². The summed E-state index contributed by atoms with van der Waals surface area (Å²) >= 11 is 0. The third kappa shape index (κ3) is 4.93. The molecule has 3 atom stereocenters. The Bertz CT molecular complexity index is 581. The molecule has 1 aromatic carbocycles. The van der Waals surface area contributed by atoms with E-state index in [-0.39, 0.29) is 24.7 Å². The van der Waals surface area contributed by atoms with Gasteiger partial charge in [0.05, 0.1) is 6.10 Å². The van der Waals surface area contributed by atoms with Crippen molar-refractivity contribution in [3.8, 4) is 5.75 Å². The highest BCUT2D eigenvalue weighted by molar-refractivity contribution is 5.77. The van der Waals surface area contributed by atoms with Crippen LogP contribution in [0.25, 0.3) is 0 Å².